The van der Waals surface area contributed by atoms with Crippen LogP contribution in [0.4, 0.5) is 5.69 Å². The Kier molecular flexibility index (Phi) is 6.15. The molecule has 7 nitrogen and oxygen atoms in total. The first-order chi connectivity index (χ1) is 16.9. The van der Waals surface area contributed by atoms with E-state index in [4.69, 9.17) is 21.1 Å². The van der Waals surface area contributed by atoms with Gasteiger partial charge in [0.15, 0.2) is 23.1 Å². The van der Waals surface area contributed by atoms with Crippen molar-refractivity contribution in [1.82, 2.24) is 9.38 Å². The van der Waals surface area contributed by atoms with Gasteiger partial charge in [-0.3, -0.25) is 9.59 Å². The number of halogens is 1. The highest BCUT2D eigenvalue weighted by atomic mass is 35.5. The van der Waals surface area contributed by atoms with Gasteiger partial charge in [0.05, 0.1) is 27.7 Å². The van der Waals surface area contributed by atoms with E-state index < -0.39 is 0 Å². The van der Waals surface area contributed by atoms with Gasteiger partial charge >= 0.3 is 0 Å². The third-order valence-electron chi connectivity index (χ3n) is 5.38. The summed E-state index contributed by atoms with van der Waals surface area (Å²) in [5, 5.41) is 3.04. The van der Waals surface area contributed by atoms with E-state index in [-0.39, 0.29) is 28.8 Å². The third-order valence-corrected chi connectivity index (χ3v) is 6.63. The Morgan fingerprint density at radius 3 is 2.71 bits per heavy atom. The highest BCUT2D eigenvalue weighted by molar-refractivity contribution is 7.15. The normalized spacial score (nSPS) is 11.8. The molecule has 0 aliphatic rings. The first-order valence-corrected chi connectivity index (χ1v) is 11.9. The summed E-state index contributed by atoms with van der Waals surface area (Å²) in [4.78, 5) is 30.5. The maximum Gasteiger partial charge on any atom is 0.274 e. The average Bonchev–Trinajstić information content (AvgIpc) is 3.35. The summed E-state index contributed by atoms with van der Waals surface area (Å²) >= 11 is 7.77. The van der Waals surface area contributed by atoms with Gasteiger partial charge in [-0.2, -0.15) is 0 Å². The molecular weight excluding hydrogens is 486 g/mol. The molecule has 176 valence electrons. The number of nitrogens with one attached hydrogen (secondary N) is 1. The molecule has 2 aromatic heterocycles. The monoisotopic (exact) mass is 505 g/mol. The Morgan fingerprint density at radius 1 is 1.17 bits per heavy atom. The quantitative estimate of drug-likeness (QED) is 0.369. The van der Waals surface area contributed by atoms with Crippen molar-refractivity contribution in [1.29, 1.82) is 0 Å². The summed E-state index contributed by atoms with van der Waals surface area (Å²) in [7, 11) is 1.49. The molecule has 5 rings (SSSR count). The number of hydrogen-bond donors (Lipinski definition) is 1. The first-order valence-electron chi connectivity index (χ1n) is 10.7. The van der Waals surface area contributed by atoms with Crippen LogP contribution in [0.3, 0.4) is 0 Å². The smallest absolute Gasteiger partial charge is 0.274 e. The molecule has 0 bridgehead atoms. The molecule has 1 amide bonds. The Labute approximate surface area is 209 Å². The number of thiazole rings is 1. The molecule has 0 spiro atoms. The second-order valence-corrected chi connectivity index (χ2v) is 9.29. The summed E-state index contributed by atoms with van der Waals surface area (Å²) in [5.41, 5.74) is 3.83. The third kappa shape index (κ3) is 4.58. The van der Waals surface area contributed by atoms with Crippen LogP contribution in [-0.2, 0) is 4.79 Å². The standard InChI is InChI=1S/C26H20ClN3O4S/c1-15-7-9-17(10-8-15)28-23(31)14-34-24-18(27)11-16(12-21(24)33-2)13-22-25(32)30-20-6-4-3-5-19(20)29-26(30)35-22/h3-13H,14H2,1-2H3,(H,28,31). The minimum absolute atomic E-state index is 0.151. The van der Waals surface area contributed by atoms with E-state index in [1.165, 1.54) is 18.4 Å². The number of rotatable bonds is 6. The van der Waals surface area contributed by atoms with Crippen LogP contribution in [-0.4, -0.2) is 29.0 Å². The fourth-order valence-electron chi connectivity index (χ4n) is 3.70. The van der Waals surface area contributed by atoms with Crippen LogP contribution in [0.15, 0.2) is 65.5 Å². The Morgan fingerprint density at radius 2 is 1.94 bits per heavy atom. The number of imidazole rings is 1. The lowest BCUT2D eigenvalue weighted by atomic mass is 10.2. The second-order valence-electron chi connectivity index (χ2n) is 7.87. The number of carbonyl (C=O) groups is 1. The summed E-state index contributed by atoms with van der Waals surface area (Å²) in [6.07, 6.45) is 1.73. The van der Waals surface area contributed by atoms with Gasteiger partial charge < -0.3 is 14.8 Å². The molecule has 1 N–H and O–H groups in total. The minimum atomic E-state index is -0.326. The van der Waals surface area contributed by atoms with Crippen LogP contribution in [0.2, 0.25) is 5.02 Å². The van der Waals surface area contributed by atoms with Crippen LogP contribution in [0, 0.1) is 6.92 Å². The zero-order valence-corrected chi connectivity index (χ0v) is 20.4. The molecule has 0 aliphatic heterocycles. The van der Waals surface area contributed by atoms with Crippen molar-refractivity contribution in [2.24, 2.45) is 0 Å². The van der Waals surface area contributed by atoms with Crippen molar-refractivity contribution < 1.29 is 14.3 Å². The molecule has 35 heavy (non-hydrogen) atoms. The lowest BCUT2D eigenvalue weighted by Gasteiger charge is -2.13. The van der Waals surface area contributed by atoms with Gasteiger partial charge in [-0.25, -0.2) is 9.38 Å². The van der Waals surface area contributed by atoms with E-state index in [2.05, 4.69) is 10.3 Å². The predicted octanol–water partition coefficient (Wildman–Crippen LogP) is 4.44. The maximum atomic E-state index is 13.0. The summed E-state index contributed by atoms with van der Waals surface area (Å²) in [5.74, 6) is 0.276. The number of fused-ring (bicyclic) bond motifs is 3. The van der Waals surface area contributed by atoms with Gasteiger partial charge in [0.2, 0.25) is 0 Å². The van der Waals surface area contributed by atoms with E-state index in [1.807, 2.05) is 55.5 Å². The van der Waals surface area contributed by atoms with Gasteiger partial charge in [0.25, 0.3) is 11.5 Å². The SMILES string of the molecule is COc1cc(C=c2sc3nc4ccccc4n3c2=O)cc(Cl)c1OCC(=O)Nc1ccc(C)cc1. The topological polar surface area (TPSA) is 81.9 Å². The number of ether oxygens (including phenoxy) is 2. The molecular formula is C26H20ClN3O4S. The van der Waals surface area contributed by atoms with Crippen molar-refractivity contribution in [2.45, 2.75) is 6.92 Å². The summed E-state index contributed by atoms with van der Waals surface area (Å²) in [6.45, 7) is 1.73. The number of benzene rings is 3. The van der Waals surface area contributed by atoms with Crippen molar-refractivity contribution >= 4 is 56.6 Å². The zero-order chi connectivity index (χ0) is 24.5. The van der Waals surface area contributed by atoms with Crippen molar-refractivity contribution in [3.63, 3.8) is 0 Å². The number of carbonyl (C=O) groups excluding carboxylic acids is 1. The largest absolute Gasteiger partial charge is 0.493 e. The molecule has 0 radical (unpaired) electrons. The summed E-state index contributed by atoms with van der Waals surface area (Å²) < 4.78 is 13.2. The van der Waals surface area contributed by atoms with E-state index in [1.54, 1.807) is 22.6 Å². The van der Waals surface area contributed by atoms with Gasteiger partial charge in [-0.1, -0.05) is 52.8 Å². The van der Waals surface area contributed by atoms with Crippen LogP contribution in [0.25, 0.3) is 22.1 Å². The molecule has 0 aliphatic carbocycles. The molecule has 9 heteroatoms. The highest BCUT2D eigenvalue weighted by Gasteiger charge is 2.15. The lowest BCUT2D eigenvalue weighted by Crippen LogP contribution is -2.22. The number of nitrogens with zero attached hydrogens (tertiary/aromatic N) is 2. The molecule has 3 aromatic carbocycles. The number of para-hydroxylation sites is 2. The number of aromatic nitrogens is 2. The molecule has 2 heterocycles. The second kappa shape index (κ2) is 9.40. The summed E-state index contributed by atoms with van der Waals surface area (Å²) in [6, 6.07) is 18.3. The Bertz CT molecular complexity index is 1680. The Hall–Kier alpha value is -3.88. The van der Waals surface area contributed by atoms with Crippen LogP contribution >= 0.6 is 22.9 Å². The molecule has 0 unspecified atom stereocenters. The molecule has 0 saturated heterocycles. The predicted molar refractivity (Wildman–Crippen MR) is 139 cm³/mol. The Balaban J connectivity index is 1.40. The minimum Gasteiger partial charge on any atom is -0.493 e. The van der Waals surface area contributed by atoms with Gasteiger partial charge in [-0.05, 0) is 55.0 Å². The van der Waals surface area contributed by atoms with Gasteiger partial charge in [-0.15, -0.1) is 0 Å². The first kappa shape index (κ1) is 22.9. The number of hydrogen-bond acceptors (Lipinski definition) is 6. The molecule has 5 aromatic rings. The molecule has 0 saturated carbocycles. The average molecular weight is 506 g/mol. The molecule has 0 fully saturated rings. The number of methoxy groups -OCH3 is 1. The van der Waals surface area contributed by atoms with E-state index in [0.29, 0.717) is 26.5 Å². The number of aryl methyl sites for hydroxylation is 1. The van der Waals surface area contributed by atoms with E-state index in [9.17, 15) is 9.59 Å². The van der Waals surface area contributed by atoms with Crippen molar-refractivity contribution in [3.05, 3.63) is 91.7 Å². The molecule has 0 atom stereocenters. The highest BCUT2D eigenvalue weighted by Crippen LogP contribution is 2.36. The van der Waals surface area contributed by atoms with Crippen molar-refractivity contribution in [2.75, 3.05) is 19.0 Å². The fraction of sp³-hybridized carbons (Fsp3) is 0.115. The van der Waals surface area contributed by atoms with Crippen LogP contribution in [0.5, 0.6) is 11.5 Å². The fourth-order valence-corrected chi connectivity index (χ4v) is 4.96. The van der Waals surface area contributed by atoms with Gasteiger partial charge in [0, 0.05) is 5.69 Å². The number of amides is 1. The van der Waals surface area contributed by atoms with Gasteiger partial charge in [0.1, 0.15) is 0 Å². The van der Waals surface area contributed by atoms with E-state index in [0.717, 1.165) is 16.6 Å². The van der Waals surface area contributed by atoms with E-state index >= 15 is 0 Å². The lowest BCUT2D eigenvalue weighted by molar-refractivity contribution is -0.118. The maximum absolute atomic E-state index is 13.0. The number of anilines is 1. The van der Waals surface area contributed by atoms with Crippen molar-refractivity contribution in [3.8, 4) is 11.5 Å². The van der Waals surface area contributed by atoms with Crippen LogP contribution in [0.1, 0.15) is 11.1 Å². The van der Waals surface area contributed by atoms with Crippen LogP contribution < -0.4 is 24.9 Å². The zero-order valence-electron chi connectivity index (χ0n) is 18.9.